The number of rotatable bonds is 4. The minimum Gasteiger partial charge on any atom is -0.376 e. The first-order valence-corrected chi connectivity index (χ1v) is 9.97. The zero-order chi connectivity index (χ0) is 19.3. The van der Waals surface area contributed by atoms with E-state index in [1.165, 1.54) is 0 Å². The Balaban J connectivity index is 2.02. The number of aliphatic hydroxyl groups is 1. The summed E-state index contributed by atoms with van der Waals surface area (Å²) in [6, 6.07) is 7.51. The predicted octanol–water partition coefficient (Wildman–Crippen LogP) is 4.10. The molecule has 1 saturated carbocycles. The SMILES string of the molecule is C[C@](O)(c1ccc(S(=O)(=O)c2sc(C#N)cc2C2CC2)cc1)C(F)(F)F. The monoisotopic (exact) mass is 401 g/mol. The van der Waals surface area contributed by atoms with Crippen LogP contribution in [0.1, 0.15) is 41.7 Å². The number of nitriles is 1. The van der Waals surface area contributed by atoms with Gasteiger partial charge in [0.05, 0.1) is 4.90 Å². The first-order chi connectivity index (χ1) is 12.0. The molecule has 2 aromatic rings. The van der Waals surface area contributed by atoms with Gasteiger partial charge in [-0.25, -0.2) is 8.42 Å². The average molecular weight is 401 g/mol. The molecular weight excluding hydrogens is 387 g/mol. The molecule has 1 N–H and O–H groups in total. The van der Waals surface area contributed by atoms with E-state index >= 15 is 0 Å². The van der Waals surface area contributed by atoms with Crippen LogP contribution < -0.4 is 0 Å². The number of hydrogen-bond acceptors (Lipinski definition) is 5. The van der Waals surface area contributed by atoms with Crippen LogP contribution in [0.5, 0.6) is 0 Å². The average Bonchev–Trinajstić information content (AvgIpc) is 3.32. The Bertz CT molecular complexity index is 980. The fraction of sp³-hybridized carbons (Fsp3) is 0.353. The number of hydrogen-bond donors (Lipinski definition) is 1. The van der Waals surface area contributed by atoms with Crippen LogP contribution in [0.4, 0.5) is 13.2 Å². The van der Waals surface area contributed by atoms with E-state index < -0.39 is 27.2 Å². The normalized spacial score (nSPS) is 17.5. The fourth-order valence-corrected chi connectivity index (χ4v) is 5.58. The van der Waals surface area contributed by atoms with E-state index in [0.717, 1.165) is 48.4 Å². The first kappa shape index (κ1) is 18.9. The standard InChI is InChI=1S/C17H14F3NO3S2/c1-16(22,17(18,19)20)11-4-6-13(7-5-11)26(23,24)15-14(10-2-3-10)8-12(9-21)25-15/h4-8,10,22H,2-3H2,1H3/t16-/m0/s1. The van der Waals surface area contributed by atoms with Crippen molar-refractivity contribution in [3.63, 3.8) is 0 Å². The molecule has 0 amide bonds. The largest absolute Gasteiger partial charge is 0.421 e. The van der Waals surface area contributed by atoms with Crippen molar-refractivity contribution >= 4 is 21.2 Å². The van der Waals surface area contributed by atoms with Gasteiger partial charge in [-0.3, -0.25) is 0 Å². The molecule has 3 rings (SSSR count). The third-order valence-corrected chi connectivity index (χ3v) is 7.75. The Kier molecular flexibility index (Phi) is 4.42. The molecule has 1 aromatic carbocycles. The number of alkyl halides is 3. The highest BCUT2D eigenvalue weighted by Crippen LogP contribution is 2.47. The molecule has 1 aromatic heterocycles. The summed E-state index contributed by atoms with van der Waals surface area (Å²) in [4.78, 5) is 0.106. The van der Waals surface area contributed by atoms with Gasteiger partial charge in [0.1, 0.15) is 15.2 Å². The van der Waals surface area contributed by atoms with Crippen molar-refractivity contribution in [2.24, 2.45) is 0 Å². The highest BCUT2D eigenvalue weighted by Gasteiger charge is 2.51. The Hall–Kier alpha value is -1.89. The lowest BCUT2D eigenvalue weighted by Crippen LogP contribution is -2.39. The molecule has 138 valence electrons. The van der Waals surface area contributed by atoms with E-state index in [4.69, 9.17) is 5.26 Å². The van der Waals surface area contributed by atoms with Gasteiger partial charge < -0.3 is 5.11 Å². The minimum atomic E-state index is -4.89. The van der Waals surface area contributed by atoms with E-state index in [0.29, 0.717) is 12.5 Å². The molecule has 0 unspecified atom stereocenters. The summed E-state index contributed by atoms with van der Waals surface area (Å²) in [5, 5.41) is 18.7. The molecule has 0 bridgehead atoms. The maximum absolute atomic E-state index is 12.9. The van der Waals surface area contributed by atoms with E-state index in [1.807, 2.05) is 6.07 Å². The summed E-state index contributed by atoms with van der Waals surface area (Å²) in [6.45, 7) is 0.611. The van der Waals surface area contributed by atoms with Crippen LogP contribution in [0, 0.1) is 11.3 Å². The topological polar surface area (TPSA) is 78.2 Å². The van der Waals surface area contributed by atoms with Crippen LogP contribution in [0.25, 0.3) is 0 Å². The van der Waals surface area contributed by atoms with Crippen molar-refractivity contribution in [2.45, 2.75) is 46.6 Å². The summed E-state index contributed by atoms with van der Waals surface area (Å²) in [7, 11) is -3.96. The van der Waals surface area contributed by atoms with Crippen molar-refractivity contribution in [1.82, 2.24) is 0 Å². The van der Waals surface area contributed by atoms with Gasteiger partial charge in [-0.1, -0.05) is 12.1 Å². The lowest BCUT2D eigenvalue weighted by Gasteiger charge is -2.26. The Morgan fingerprint density at radius 3 is 2.27 bits per heavy atom. The number of thiophene rings is 1. The van der Waals surface area contributed by atoms with Gasteiger partial charge in [0.2, 0.25) is 9.84 Å². The molecule has 0 spiro atoms. The third kappa shape index (κ3) is 3.13. The lowest BCUT2D eigenvalue weighted by molar-refractivity contribution is -0.258. The summed E-state index contributed by atoms with van der Waals surface area (Å²) in [5.74, 6) is 0.100. The Morgan fingerprint density at radius 2 is 1.81 bits per heavy atom. The lowest BCUT2D eigenvalue weighted by atomic mass is 9.96. The second-order valence-corrected chi connectivity index (χ2v) is 9.53. The second kappa shape index (κ2) is 6.08. The molecule has 1 aliphatic carbocycles. The van der Waals surface area contributed by atoms with Crippen molar-refractivity contribution in [3.05, 3.63) is 46.3 Å². The fourth-order valence-electron chi connectivity index (χ4n) is 2.56. The molecule has 1 atom stereocenters. The maximum Gasteiger partial charge on any atom is 0.421 e. The predicted molar refractivity (Wildman–Crippen MR) is 88.5 cm³/mol. The molecule has 26 heavy (non-hydrogen) atoms. The van der Waals surface area contributed by atoms with Gasteiger partial charge >= 0.3 is 6.18 Å². The zero-order valence-corrected chi connectivity index (χ0v) is 15.2. The van der Waals surface area contributed by atoms with Crippen LogP contribution in [0.3, 0.4) is 0 Å². The van der Waals surface area contributed by atoms with Crippen LogP contribution in [0.15, 0.2) is 39.4 Å². The Morgan fingerprint density at radius 1 is 1.23 bits per heavy atom. The molecule has 1 aliphatic rings. The summed E-state index contributed by atoms with van der Waals surface area (Å²) in [5.41, 5.74) is -2.93. The minimum absolute atomic E-state index is 0.0619. The zero-order valence-electron chi connectivity index (χ0n) is 13.5. The van der Waals surface area contributed by atoms with E-state index in [-0.39, 0.29) is 19.9 Å². The first-order valence-electron chi connectivity index (χ1n) is 7.67. The van der Waals surface area contributed by atoms with Crippen LogP contribution in [-0.2, 0) is 15.4 Å². The van der Waals surface area contributed by atoms with Crippen molar-refractivity contribution < 1.29 is 26.7 Å². The molecule has 0 aliphatic heterocycles. The van der Waals surface area contributed by atoms with Crippen LogP contribution in [0.2, 0.25) is 0 Å². The molecule has 1 fully saturated rings. The molecule has 0 saturated heterocycles. The Labute approximate surface area is 152 Å². The summed E-state index contributed by atoms with van der Waals surface area (Å²) < 4.78 is 64.6. The quantitative estimate of drug-likeness (QED) is 0.837. The number of benzene rings is 1. The third-order valence-electron chi connectivity index (χ3n) is 4.38. The van der Waals surface area contributed by atoms with E-state index in [1.54, 1.807) is 6.07 Å². The van der Waals surface area contributed by atoms with E-state index in [9.17, 15) is 26.7 Å². The summed E-state index contributed by atoms with van der Waals surface area (Å²) in [6.07, 6.45) is -3.20. The van der Waals surface area contributed by atoms with Crippen LogP contribution in [-0.4, -0.2) is 19.7 Å². The van der Waals surface area contributed by atoms with Crippen molar-refractivity contribution in [1.29, 1.82) is 5.26 Å². The van der Waals surface area contributed by atoms with Gasteiger partial charge in [-0.2, -0.15) is 18.4 Å². The van der Waals surface area contributed by atoms with Gasteiger partial charge in [0, 0.05) is 0 Å². The van der Waals surface area contributed by atoms with Crippen molar-refractivity contribution in [2.75, 3.05) is 0 Å². The van der Waals surface area contributed by atoms with Crippen molar-refractivity contribution in [3.8, 4) is 6.07 Å². The highest BCUT2D eigenvalue weighted by molar-refractivity contribution is 7.93. The second-order valence-electron chi connectivity index (χ2n) is 6.34. The number of sulfone groups is 1. The van der Waals surface area contributed by atoms with E-state index in [2.05, 4.69) is 0 Å². The summed E-state index contributed by atoms with van der Waals surface area (Å²) >= 11 is 0.865. The van der Waals surface area contributed by atoms with Gasteiger partial charge in [-0.15, -0.1) is 11.3 Å². The van der Waals surface area contributed by atoms with Gasteiger partial charge in [-0.05, 0) is 55.0 Å². The molecule has 1 heterocycles. The highest BCUT2D eigenvalue weighted by atomic mass is 32.2. The van der Waals surface area contributed by atoms with Gasteiger partial charge in [0.15, 0.2) is 5.60 Å². The van der Waals surface area contributed by atoms with Gasteiger partial charge in [0.25, 0.3) is 0 Å². The molecule has 9 heteroatoms. The molecular formula is C17H14F3NO3S2. The smallest absolute Gasteiger partial charge is 0.376 e. The van der Waals surface area contributed by atoms with Crippen LogP contribution >= 0.6 is 11.3 Å². The maximum atomic E-state index is 12.9. The molecule has 0 radical (unpaired) electrons. The number of nitrogens with zero attached hydrogens (tertiary/aromatic N) is 1. The number of halogens is 3. The molecule has 4 nitrogen and oxygen atoms in total.